The molecule has 1 heterocycles. The summed E-state index contributed by atoms with van der Waals surface area (Å²) >= 11 is 1.69. The van der Waals surface area contributed by atoms with Crippen molar-refractivity contribution >= 4 is 22.8 Å². The molecule has 0 aromatic heterocycles. The lowest BCUT2D eigenvalue weighted by Gasteiger charge is -2.28. The molecule has 1 aliphatic heterocycles. The van der Waals surface area contributed by atoms with Gasteiger partial charge >= 0.3 is 0 Å². The van der Waals surface area contributed by atoms with Gasteiger partial charge in [0.2, 0.25) is 5.91 Å². The van der Waals surface area contributed by atoms with Crippen molar-refractivity contribution in [3.05, 3.63) is 0 Å². The van der Waals surface area contributed by atoms with Crippen LogP contribution >= 0.6 is 11.8 Å². The number of carbonyl (C=O) groups excluding carboxylic acids is 1. The van der Waals surface area contributed by atoms with Crippen molar-refractivity contribution in [2.75, 3.05) is 19.3 Å². The van der Waals surface area contributed by atoms with Crippen molar-refractivity contribution in [1.82, 2.24) is 4.90 Å². The highest BCUT2D eigenvalue weighted by atomic mass is 32.2. The predicted octanol–water partition coefficient (Wildman–Crippen LogP) is 1.35. The Morgan fingerprint density at radius 1 is 1.62 bits per heavy atom. The maximum absolute atomic E-state index is 11.7. The van der Waals surface area contributed by atoms with Crippen molar-refractivity contribution in [2.45, 2.75) is 19.3 Å². The molecule has 1 amide bonds. The molecule has 0 saturated heterocycles. The Hall–Kier alpha value is -0.510. The number of hydrogen-bond donors (Lipinski definition) is 0. The minimum Gasteiger partial charge on any atom is -0.294 e. The summed E-state index contributed by atoms with van der Waals surface area (Å²) in [4.78, 5) is 17.8. The minimum absolute atomic E-state index is 0.263. The molecule has 1 aliphatic carbocycles. The first-order valence-corrected chi connectivity index (χ1v) is 5.72. The smallest absolute Gasteiger partial charge is 0.231 e. The number of thioether (sulfide) groups is 1. The molecule has 13 heavy (non-hydrogen) atoms. The summed E-state index contributed by atoms with van der Waals surface area (Å²) in [6, 6.07) is 0. The van der Waals surface area contributed by atoms with Crippen LogP contribution in [-0.4, -0.2) is 35.3 Å². The van der Waals surface area contributed by atoms with Crippen molar-refractivity contribution in [1.29, 1.82) is 0 Å². The zero-order valence-electron chi connectivity index (χ0n) is 7.82. The monoisotopic (exact) mass is 198 g/mol. The van der Waals surface area contributed by atoms with Gasteiger partial charge in [-0.2, -0.15) is 0 Å². The Kier molecular flexibility index (Phi) is 2.58. The highest BCUT2D eigenvalue weighted by Gasteiger charge is 2.30. The fourth-order valence-electron chi connectivity index (χ4n) is 1.55. The van der Waals surface area contributed by atoms with E-state index in [9.17, 15) is 4.79 Å². The van der Waals surface area contributed by atoms with Crippen LogP contribution in [0.2, 0.25) is 0 Å². The van der Waals surface area contributed by atoms with Gasteiger partial charge in [0.05, 0.1) is 6.54 Å². The van der Waals surface area contributed by atoms with E-state index in [0.29, 0.717) is 0 Å². The molecule has 0 spiro atoms. The third-order valence-corrected chi connectivity index (χ3v) is 3.69. The quantitative estimate of drug-likeness (QED) is 0.637. The van der Waals surface area contributed by atoms with Crippen LogP contribution in [0.25, 0.3) is 0 Å². The van der Waals surface area contributed by atoms with Crippen molar-refractivity contribution < 1.29 is 4.79 Å². The zero-order valence-corrected chi connectivity index (χ0v) is 8.64. The SMILES string of the molecule is CN(C(=O)C1CCC1)C1=NCCS1. The maximum Gasteiger partial charge on any atom is 0.231 e. The average molecular weight is 198 g/mol. The highest BCUT2D eigenvalue weighted by molar-refractivity contribution is 8.14. The number of amides is 1. The molecule has 2 aliphatic rings. The fraction of sp³-hybridized carbons (Fsp3) is 0.778. The lowest BCUT2D eigenvalue weighted by Crippen LogP contribution is -2.38. The Morgan fingerprint density at radius 3 is 2.85 bits per heavy atom. The van der Waals surface area contributed by atoms with Crippen molar-refractivity contribution in [2.24, 2.45) is 10.9 Å². The Morgan fingerprint density at radius 2 is 2.38 bits per heavy atom. The van der Waals surface area contributed by atoms with Gasteiger partial charge in [0, 0.05) is 18.7 Å². The molecule has 1 fully saturated rings. The first kappa shape index (κ1) is 9.06. The first-order valence-electron chi connectivity index (χ1n) is 4.74. The first-order chi connectivity index (χ1) is 6.29. The summed E-state index contributed by atoms with van der Waals surface area (Å²) in [7, 11) is 1.85. The van der Waals surface area contributed by atoms with Crippen LogP contribution in [0, 0.1) is 5.92 Å². The molecule has 0 atom stereocenters. The Balaban J connectivity index is 1.94. The second-order valence-electron chi connectivity index (χ2n) is 3.54. The van der Waals surface area contributed by atoms with Gasteiger partial charge in [0.15, 0.2) is 5.17 Å². The lowest BCUT2D eigenvalue weighted by molar-refractivity contribution is -0.132. The molecular formula is C9H14N2OS. The van der Waals surface area contributed by atoms with E-state index in [-0.39, 0.29) is 11.8 Å². The van der Waals surface area contributed by atoms with E-state index in [4.69, 9.17) is 0 Å². The molecule has 1 saturated carbocycles. The molecular weight excluding hydrogens is 184 g/mol. The van der Waals surface area contributed by atoms with Gasteiger partial charge in [-0.25, -0.2) is 0 Å². The average Bonchev–Trinajstić information content (AvgIpc) is 2.51. The van der Waals surface area contributed by atoms with E-state index in [1.807, 2.05) is 7.05 Å². The number of aliphatic imine (C=N–C) groups is 1. The summed E-state index contributed by atoms with van der Waals surface area (Å²) in [6.07, 6.45) is 3.35. The van der Waals surface area contributed by atoms with E-state index in [1.54, 1.807) is 16.7 Å². The highest BCUT2D eigenvalue weighted by Crippen LogP contribution is 2.29. The molecule has 0 aromatic rings. The zero-order chi connectivity index (χ0) is 9.26. The van der Waals surface area contributed by atoms with Gasteiger partial charge in [-0.05, 0) is 12.8 Å². The lowest BCUT2D eigenvalue weighted by atomic mass is 9.84. The third kappa shape index (κ3) is 1.73. The molecule has 4 heteroatoms. The standard InChI is InChI=1S/C9H14N2OS/c1-11(9-10-5-6-13-9)8(12)7-3-2-4-7/h7H,2-6H2,1H3. The molecule has 72 valence electrons. The Bertz CT molecular complexity index is 248. The van der Waals surface area contributed by atoms with Crippen molar-refractivity contribution in [3.63, 3.8) is 0 Å². The summed E-state index contributed by atoms with van der Waals surface area (Å²) in [5.41, 5.74) is 0. The van der Waals surface area contributed by atoms with Gasteiger partial charge in [0.25, 0.3) is 0 Å². The van der Waals surface area contributed by atoms with Crippen LogP contribution < -0.4 is 0 Å². The van der Waals surface area contributed by atoms with Crippen LogP contribution in [0.1, 0.15) is 19.3 Å². The van der Waals surface area contributed by atoms with E-state index in [0.717, 1.165) is 30.3 Å². The van der Waals surface area contributed by atoms with Gasteiger partial charge in [-0.1, -0.05) is 18.2 Å². The van der Waals surface area contributed by atoms with Crippen molar-refractivity contribution in [3.8, 4) is 0 Å². The van der Waals surface area contributed by atoms with Crippen LogP contribution in [-0.2, 0) is 4.79 Å². The largest absolute Gasteiger partial charge is 0.294 e. The van der Waals surface area contributed by atoms with Gasteiger partial charge in [0.1, 0.15) is 0 Å². The van der Waals surface area contributed by atoms with E-state index in [2.05, 4.69) is 4.99 Å². The molecule has 3 nitrogen and oxygen atoms in total. The number of rotatable bonds is 1. The number of hydrogen-bond acceptors (Lipinski definition) is 3. The predicted molar refractivity (Wildman–Crippen MR) is 54.9 cm³/mol. The minimum atomic E-state index is 0.263. The Labute approximate surface area is 82.6 Å². The topological polar surface area (TPSA) is 32.7 Å². The van der Waals surface area contributed by atoms with Gasteiger partial charge < -0.3 is 0 Å². The number of carbonyl (C=O) groups is 1. The summed E-state index contributed by atoms with van der Waals surface area (Å²) in [6.45, 7) is 0.863. The van der Waals surface area contributed by atoms with E-state index in [1.165, 1.54) is 6.42 Å². The van der Waals surface area contributed by atoms with E-state index < -0.39 is 0 Å². The molecule has 0 N–H and O–H groups in total. The summed E-state index contributed by atoms with van der Waals surface area (Å²) in [5.74, 6) is 1.57. The molecule has 0 radical (unpaired) electrons. The van der Waals surface area contributed by atoms with Gasteiger partial charge in [-0.15, -0.1) is 0 Å². The van der Waals surface area contributed by atoms with Crippen LogP contribution in [0.15, 0.2) is 4.99 Å². The number of nitrogens with zero attached hydrogens (tertiary/aromatic N) is 2. The molecule has 0 aromatic carbocycles. The van der Waals surface area contributed by atoms with Crippen LogP contribution in [0.3, 0.4) is 0 Å². The molecule has 0 bridgehead atoms. The summed E-state index contributed by atoms with van der Waals surface area (Å²) < 4.78 is 0. The second-order valence-corrected chi connectivity index (χ2v) is 4.60. The second kappa shape index (κ2) is 3.70. The normalized spacial score (nSPS) is 22.4. The fourth-order valence-corrected chi connectivity index (χ4v) is 2.38. The molecule has 2 rings (SSSR count). The number of amidine groups is 1. The van der Waals surface area contributed by atoms with E-state index >= 15 is 0 Å². The summed E-state index contributed by atoms with van der Waals surface area (Å²) in [5, 5.41) is 0.914. The molecule has 0 unspecified atom stereocenters. The van der Waals surface area contributed by atoms with Gasteiger partial charge in [-0.3, -0.25) is 14.7 Å². The third-order valence-electron chi connectivity index (χ3n) is 2.64. The maximum atomic E-state index is 11.7. The van der Waals surface area contributed by atoms with Crippen LogP contribution in [0.5, 0.6) is 0 Å². The van der Waals surface area contributed by atoms with Crippen LogP contribution in [0.4, 0.5) is 0 Å².